The van der Waals surface area contributed by atoms with E-state index in [9.17, 15) is 17.6 Å². The summed E-state index contributed by atoms with van der Waals surface area (Å²) < 4.78 is 42.4. The zero-order valence-corrected chi connectivity index (χ0v) is 15.5. The first-order valence-corrected chi connectivity index (χ1v) is 10.0. The summed E-state index contributed by atoms with van der Waals surface area (Å²) in [5, 5.41) is 3.00. The summed E-state index contributed by atoms with van der Waals surface area (Å²) in [6.07, 6.45) is 1.30. The Kier molecular flexibility index (Phi) is 7.41. The average molecular weight is 400 g/mol. The van der Waals surface area contributed by atoms with Crippen molar-refractivity contribution in [3.8, 4) is 5.75 Å². The lowest BCUT2D eigenvalue weighted by Gasteiger charge is -2.08. The van der Waals surface area contributed by atoms with E-state index in [4.69, 9.17) is 16.3 Å². The smallest absolute Gasteiger partial charge is 0.235 e. The van der Waals surface area contributed by atoms with Gasteiger partial charge in [0.25, 0.3) is 0 Å². The van der Waals surface area contributed by atoms with Crippen LogP contribution in [0.15, 0.2) is 53.4 Å². The SMILES string of the molecule is O=C(CS(=O)(=O)c1ccc(Cl)cc1)NCCCCOc1ccc(F)cc1. The maximum absolute atomic E-state index is 12.8. The Morgan fingerprint density at radius 1 is 1.04 bits per heavy atom. The average Bonchev–Trinajstić information content (AvgIpc) is 2.59. The van der Waals surface area contributed by atoms with Crippen molar-refractivity contribution in [1.29, 1.82) is 0 Å². The van der Waals surface area contributed by atoms with Crippen molar-refractivity contribution >= 4 is 27.3 Å². The third-order valence-corrected chi connectivity index (χ3v) is 5.35. The molecule has 0 radical (unpaired) electrons. The van der Waals surface area contributed by atoms with Crippen LogP contribution in [0, 0.1) is 5.82 Å². The van der Waals surface area contributed by atoms with E-state index in [1.54, 1.807) is 12.1 Å². The van der Waals surface area contributed by atoms with Crippen LogP contribution in [0.2, 0.25) is 5.02 Å². The molecule has 5 nitrogen and oxygen atoms in total. The van der Waals surface area contributed by atoms with Crippen molar-refractivity contribution in [3.05, 3.63) is 59.4 Å². The van der Waals surface area contributed by atoms with Crippen LogP contribution in [0.1, 0.15) is 12.8 Å². The number of sulfone groups is 1. The molecule has 2 rings (SSSR count). The van der Waals surface area contributed by atoms with Gasteiger partial charge < -0.3 is 10.1 Å². The highest BCUT2D eigenvalue weighted by Gasteiger charge is 2.18. The van der Waals surface area contributed by atoms with Crippen molar-refractivity contribution < 1.29 is 22.3 Å². The molecule has 0 bridgehead atoms. The Balaban J connectivity index is 1.65. The van der Waals surface area contributed by atoms with Gasteiger partial charge in [0.1, 0.15) is 17.3 Å². The summed E-state index contributed by atoms with van der Waals surface area (Å²) in [5.41, 5.74) is 0. The van der Waals surface area contributed by atoms with Crippen LogP contribution in [0.4, 0.5) is 4.39 Å². The number of benzene rings is 2. The molecule has 8 heteroatoms. The second kappa shape index (κ2) is 9.54. The molecule has 0 fully saturated rings. The van der Waals surface area contributed by atoms with E-state index in [1.807, 2.05) is 0 Å². The maximum atomic E-state index is 12.8. The minimum Gasteiger partial charge on any atom is -0.494 e. The molecule has 2 aromatic carbocycles. The summed E-state index contributed by atoms with van der Waals surface area (Å²) in [6, 6.07) is 11.4. The molecular weight excluding hydrogens is 381 g/mol. The lowest BCUT2D eigenvalue weighted by atomic mass is 10.3. The first-order chi connectivity index (χ1) is 12.4. The predicted octanol–water partition coefficient (Wildman–Crippen LogP) is 3.23. The molecule has 26 heavy (non-hydrogen) atoms. The fraction of sp³-hybridized carbons (Fsp3) is 0.278. The summed E-state index contributed by atoms with van der Waals surface area (Å²) >= 11 is 5.72. The van der Waals surface area contributed by atoms with Crippen molar-refractivity contribution in [2.45, 2.75) is 17.7 Å². The van der Waals surface area contributed by atoms with Gasteiger partial charge in [-0.15, -0.1) is 0 Å². The van der Waals surface area contributed by atoms with Crippen LogP contribution in [-0.2, 0) is 14.6 Å². The molecule has 0 atom stereocenters. The van der Waals surface area contributed by atoms with E-state index in [1.165, 1.54) is 36.4 Å². The van der Waals surface area contributed by atoms with Crippen molar-refractivity contribution in [1.82, 2.24) is 5.32 Å². The molecule has 2 aromatic rings. The van der Waals surface area contributed by atoms with Crippen LogP contribution in [0.25, 0.3) is 0 Å². The summed E-state index contributed by atoms with van der Waals surface area (Å²) in [4.78, 5) is 11.9. The van der Waals surface area contributed by atoms with Crippen LogP contribution < -0.4 is 10.1 Å². The molecule has 0 unspecified atom stereocenters. The number of unbranched alkanes of at least 4 members (excludes halogenated alkanes) is 1. The van der Waals surface area contributed by atoms with E-state index in [0.29, 0.717) is 36.8 Å². The summed E-state index contributed by atoms with van der Waals surface area (Å²) in [5.74, 6) is -0.918. The number of carbonyl (C=O) groups excluding carboxylic acids is 1. The number of carbonyl (C=O) groups is 1. The molecule has 0 heterocycles. The normalized spacial score (nSPS) is 11.2. The third kappa shape index (κ3) is 6.65. The number of amides is 1. The molecule has 0 spiro atoms. The van der Waals surface area contributed by atoms with Gasteiger partial charge in [0.05, 0.1) is 11.5 Å². The van der Waals surface area contributed by atoms with E-state index in [0.717, 1.165) is 0 Å². The van der Waals surface area contributed by atoms with Gasteiger partial charge in [-0.3, -0.25) is 4.79 Å². The van der Waals surface area contributed by atoms with Gasteiger partial charge >= 0.3 is 0 Å². The molecule has 0 aliphatic heterocycles. The number of hydrogen-bond acceptors (Lipinski definition) is 4. The Hall–Kier alpha value is -2.12. The number of nitrogens with one attached hydrogen (secondary N) is 1. The van der Waals surface area contributed by atoms with Crippen LogP contribution in [0.3, 0.4) is 0 Å². The minimum absolute atomic E-state index is 0.0600. The lowest BCUT2D eigenvalue weighted by Crippen LogP contribution is -2.31. The predicted molar refractivity (Wildman–Crippen MR) is 97.6 cm³/mol. The van der Waals surface area contributed by atoms with E-state index < -0.39 is 21.5 Å². The zero-order chi connectivity index (χ0) is 19.0. The Bertz CT molecular complexity index is 823. The van der Waals surface area contributed by atoms with Gasteiger partial charge in [-0.25, -0.2) is 12.8 Å². The molecule has 0 saturated heterocycles. The maximum Gasteiger partial charge on any atom is 0.235 e. The monoisotopic (exact) mass is 399 g/mol. The number of hydrogen-bond donors (Lipinski definition) is 1. The molecule has 1 amide bonds. The number of halogens is 2. The number of ether oxygens (including phenoxy) is 1. The highest BCUT2D eigenvalue weighted by atomic mass is 35.5. The fourth-order valence-corrected chi connectivity index (χ4v) is 3.42. The van der Waals surface area contributed by atoms with Gasteiger partial charge in [-0.05, 0) is 61.4 Å². The van der Waals surface area contributed by atoms with Gasteiger partial charge in [0, 0.05) is 11.6 Å². The Morgan fingerprint density at radius 2 is 1.69 bits per heavy atom. The molecule has 0 aliphatic rings. The quantitative estimate of drug-likeness (QED) is 0.657. The fourth-order valence-electron chi connectivity index (χ4n) is 2.12. The number of rotatable bonds is 9. The molecule has 140 valence electrons. The molecule has 0 aromatic heterocycles. The van der Waals surface area contributed by atoms with Gasteiger partial charge in [0.2, 0.25) is 5.91 Å². The van der Waals surface area contributed by atoms with Crippen LogP contribution in [-0.4, -0.2) is 33.2 Å². The summed E-state index contributed by atoms with van der Waals surface area (Å²) in [7, 11) is -3.69. The first-order valence-electron chi connectivity index (χ1n) is 8.00. The van der Waals surface area contributed by atoms with E-state index >= 15 is 0 Å². The van der Waals surface area contributed by atoms with Crippen molar-refractivity contribution in [2.24, 2.45) is 0 Å². The molecule has 0 saturated carbocycles. The highest BCUT2D eigenvalue weighted by Crippen LogP contribution is 2.15. The second-order valence-electron chi connectivity index (χ2n) is 5.57. The zero-order valence-electron chi connectivity index (χ0n) is 14.0. The van der Waals surface area contributed by atoms with Crippen LogP contribution >= 0.6 is 11.6 Å². The van der Waals surface area contributed by atoms with Crippen molar-refractivity contribution in [3.63, 3.8) is 0 Å². The van der Waals surface area contributed by atoms with Gasteiger partial charge in [0.15, 0.2) is 9.84 Å². The van der Waals surface area contributed by atoms with Gasteiger partial charge in [-0.2, -0.15) is 0 Å². The Labute approximate surface area is 157 Å². The van der Waals surface area contributed by atoms with Gasteiger partial charge in [-0.1, -0.05) is 11.6 Å². The topological polar surface area (TPSA) is 72.5 Å². The van der Waals surface area contributed by atoms with Crippen LogP contribution in [0.5, 0.6) is 5.75 Å². The molecule has 0 aliphatic carbocycles. The molecular formula is C18H19ClFNO4S. The molecule has 1 N–H and O–H groups in total. The Morgan fingerprint density at radius 3 is 2.35 bits per heavy atom. The van der Waals surface area contributed by atoms with Crippen molar-refractivity contribution in [2.75, 3.05) is 18.9 Å². The highest BCUT2D eigenvalue weighted by molar-refractivity contribution is 7.92. The van der Waals surface area contributed by atoms with E-state index in [-0.39, 0.29) is 10.7 Å². The lowest BCUT2D eigenvalue weighted by molar-refractivity contribution is -0.118. The standard InChI is InChI=1S/C18H19ClFNO4S/c19-14-3-9-17(10-4-14)26(23,24)13-18(22)21-11-1-2-12-25-16-7-5-15(20)6-8-16/h3-10H,1-2,11-13H2,(H,21,22). The largest absolute Gasteiger partial charge is 0.494 e. The second-order valence-corrected chi connectivity index (χ2v) is 8.00. The third-order valence-electron chi connectivity index (χ3n) is 3.47. The summed E-state index contributed by atoms with van der Waals surface area (Å²) in [6.45, 7) is 0.770. The first kappa shape index (κ1) is 20.2. The minimum atomic E-state index is -3.69. The van der Waals surface area contributed by atoms with E-state index in [2.05, 4.69) is 5.32 Å².